The minimum atomic E-state index is -1.47. The highest BCUT2D eigenvalue weighted by atomic mass is 19.1. The molecule has 0 saturated carbocycles. The van der Waals surface area contributed by atoms with Gasteiger partial charge in [-0.1, -0.05) is 197 Å². The third-order valence-electron chi connectivity index (χ3n) is 14.7. The van der Waals surface area contributed by atoms with Crippen molar-refractivity contribution < 1.29 is 4.32 Å². The van der Waals surface area contributed by atoms with Crippen LogP contribution in [0.25, 0.3) is 33.5 Å². The molecule has 0 radical (unpaired) electrons. The van der Waals surface area contributed by atoms with E-state index in [2.05, 4.69) is 206 Å². The minimum Gasteiger partial charge on any atom is -0.355 e. The van der Waals surface area contributed by atoms with Crippen molar-refractivity contribution in [3.05, 3.63) is 189 Å². The summed E-state index contributed by atoms with van der Waals surface area (Å²) in [6, 6.07) is 46.9. The number of halogens is 1. The second kappa shape index (κ2) is 13.8. The Labute approximate surface area is 364 Å². The maximum Gasteiger partial charge on any atom is 0.593 e. The molecule has 0 bridgehead atoms. The zero-order valence-corrected chi connectivity index (χ0v) is 37.9. The first kappa shape index (κ1) is 39.8. The van der Waals surface area contributed by atoms with E-state index in [4.69, 9.17) is 0 Å². The number of fused-ring (bicyclic) bond motifs is 10. The van der Waals surface area contributed by atoms with Crippen molar-refractivity contribution in [2.75, 3.05) is 0 Å². The lowest BCUT2D eigenvalue weighted by atomic mass is 9.77. The van der Waals surface area contributed by atoms with Gasteiger partial charge in [-0.25, -0.2) is 0 Å². The standard InChI is InChI=1S/C57H60BFN2/c1-54(2,3)39-28-24-37(25-29-39)47-43-32-34-56(7,8)45-22-16-14-20-41(45)50(43)60-52(47)49(36-18-12-11-13-19-36)53-48(38-26-30-40(31-27-38)55(4,5)6)44-33-35-57(9,10)46-23-17-15-21-42(46)51(44)61(53)58(60)59/h11-31,50H,32-35H2,1-10H3. The van der Waals surface area contributed by atoms with Crippen LogP contribution in [0.1, 0.15) is 145 Å². The highest BCUT2D eigenvalue weighted by Gasteiger charge is 2.54. The highest BCUT2D eigenvalue weighted by molar-refractivity contribution is 6.50. The molecule has 61 heavy (non-hydrogen) atoms. The van der Waals surface area contributed by atoms with Crippen LogP contribution in [0.15, 0.2) is 139 Å². The van der Waals surface area contributed by atoms with E-state index in [1.807, 2.05) is 0 Å². The smallest absolute Gasteiger partial charge is 0.355 e. The van der Waals surface area contributed by atoms with Gasteiger partial charge in [-0.3, -0.25) is 4.32 Å². The van der Waals surface area contributed by atoms with Gasteiger partial charge in [-0.05, 0) is 103 Å². The molecule has 6 aromatic rings. The molecule has 0 saturated heterocycles. The van der Waals surface area contributed by atoms with Crippen LogP contribution in [-0.4, -0.2) is 16.5 Å². The van der Waals surface area contributed by atoms with E-state index in [0.717, 1.165) is 76.2 Å². The molecule has 0 fully saturated rings. The van der Waals surface area contributed by atoms with Crippen LogP contribution in [0, 0.1) is 0 Å². The van der Waals surface area contributed by atoms with Crippen LogP contribution < -0.4 is 0 Å². The third kappa shape index (κ3) is 6.17. The first-order valence-corrected chi connectivity index (χ1v) is 22.6. The maximum absolute atomic E-state index is 19.5. The SMILES string of the molecule is CC(C)(C)c1ccc(C2=C3CCC(C)(C)c4ccccc4C3N3B(F)n4c(c(-c5ccc(C(C)(C)C)cc5)c5c4-c4ccccc4C(C)(C)CC5)C(c4ccccc4)=C23)cc1. The molecule has 2 aliphatic heterocycles. The minimum absolute atomic E-state index is 0.00759. The second-order valence-corrected chi connectivity index (χ2v) is 21.6. The lowest BCUT2D eigenvalue weighted by Gasteiger charge is -2.39. The van der Waals surface area contributed by atoms with Crippen molar-refractivity contribution in [2.45, 2.75) is 123 Å². The van der Waals surface area contributed by atoms with E-state index in [9.17, 15) is 0 Å². The average molecular weight is 803 g/mol. The van der Waals surface area contributed by atoms with Gasteiger partial charge in [0.1, 0.15) is 0 Å². The summed E-state index contributed by atoms with van der Waals surface area (Å²) in [7, 11) is -1.47. The van der Waals surface area contributed by atoms with Gasteiger partial charge in [0, 0.05) is 33.7 Å². The van der Waals surface area contributed by atoms with E-state index in [1.54, 1.807) is 0 Å². The van der Waals surface area contributed by atoms with Crippen LogP contribution in [0.4, 0.5) is 4.32 Å². The molecule has 1 unspecified atom stereocenters. The highest BCUT2D eigenvalue weighted by Crippen LogP contribution is 2.61. The molecule has 10 rings (SSSR count). The normalized spacial score (nSPS) is 19.0. The van der Waals surface area contributed by atoms with Crippen LogP contribution in [0.5, 0.6) is 0 Å². The zero-order valence-electron chi connectivity index (χ0n) is 37.9. The largest absolute Gasteiger partial charge is 0.593 e. The van der Waals surface area contributed by atoms with Crippen molar-refractivity contribution in [1.29, 1.82) is 0 Å². The Morgan fingerprint density at radius 1 is 0.557 bits per heavy atom. The fraction of sp³-hybridized carbons (Fsp3) is 0.333. The predicted molar refractivity (Wildman–Crippen MR) is 255 cm³/mol. The molecule has 0 spiro atoms. The number of aromatic nitrogens is 1. The van der Waals surface area contributed by atoms with Gasteiger partial charge < -0.3 is 9.29 Å². The van der Waals surface area contributed by atoms with E-state index >= 15 is 4.32 Å². The topological polar surface area (TPSA) is 8.17 Å². The van der Waals surface area contributed by atoms with Crippen LogP contribution >= 0.6 is 0 Å². The zero-order chi connectivity index (χ0) is 42.8. The Morgan fingerprint density at radius 3 is 1.72 bits per heavy atom. The van der Waals surface area contributed by atoms with Crippen molar-refractivity contribution in [3.63, 3.8) is 0 Å². The lowest BCUT2D eigenvalue weighted by molar-refractivity contribution is 0.426. The summed E-state index contributed by atoms with van der Waals surface area (Å²) in [6.07, 6.45) is 3.67. The molecule has 4 heteroatoms. The molecule has 0 amide bonds. The fourth-order valence-electron chi connectivity index (χ4n) is 11.2. The Morgan fingerprint density at radius 2 is 1.08 bits per heavy atom. The summed E-state index contributed by atoms with van der Waals surface area (Å²) in [6.45, 7) is 23.1. The van der Waals surface area contributed by atoms with Gasteiger partial charge in [0.05, 0.1) is 11.7 Å². The number of benzene rings is 5. The summed E-state index contributed by atoms with van der Waals surface area (Å²) >= 11 is 0. The van der Waals surface area contributed by atoms with Crippen molar-refractivity contribution >= 4 is 18.4 Å². The summed E-state index contributed by atoms with van der Waals surface area (Å²) < 4.78 is 21.7. The third-order valence-corrected chi connectivity index (χ3v) is 14.7. The van der Waals surface area contributed by atoms with E-state index < -0.39 is 7.26 Å². The van der Waals surface area contributed by atoms with Gasteiger partial charge in [0.2, 0.25) is 0 Å². The van der Waals surface area contributed by atoms with Crippen molar-refractivity contribution in [1.82, 2.24) is 9.29 Å². The Balaban J connectivity index is 1.38. The molecule has 2 nitrogen and oxygen atoms in total. The first-order chi connectivity index (χ1) is 29.0. The first-order valence-electron chi connectivity index (χ1n) is 22.6. The summed E-state index contributed by atoms with van der Waals surface area (Å²) in [5.74, 6) is 0. The number of allylic oxidation sites excluding steroid dienone is 1. The van der Waals surface area contributed by atoms with Crippen LogP contribution in [0.2, 0.25) is 0 Å². The number of nitrogens with zero attached hydrogens (tertiary/aromatic N) is 2. The molecular formula is C57H60BFN2. The molecular weight excluding hydrogens is 742 g/mol. The summed E-state index contributed by atoms with van der Waals surface area (Å²) in [4.78, 5) is 2.21. The average Bonchev–Trinajstić information content (AvgIpc) is 3.68. The molecule has 1 atom stereocenters. The fourth-order valence-corrected chi connectivity index (χ4v) is 11.2. The van der Waals surface area contributed by atoms with Gasteiger partial charge in [-0.2, -0.15) is 0 Å². The van der Waals surface area contributed by atoms with Crippen LogP contribution in [-0.2, 0) is 28.1 Å². The summed E-state index contributed by atoms with van der Waals surface area (Å²) in [5.41, 5.74) is 19.9. The lowest BCUT2D eigenvalue weighted by Crippen LogP contribution is -2.46. The summed E-state index contributed by atoms with van der Waals surface area (Å²) in [5, 5.41) is 0. The van der Waals surface area contributed by atoms with Gasteiger partial charge in [0.25, 0.3) is 0 Å². The molecule has 1 aromatic heterocycles. The van der Waals surface area contributed by atoms with Gasteiger partial charge in [-0.15, -0.1) is 0 Å². The Kier molecular flexibility index (Phi) is 9.02. The van der Waals surface area contributed by atoms with Crippen molar-refractivity contribution in [3.8, 4) is 22.4 Å². The molecule has 4 aliphatic rings. The van der Waals surface area contributed by atoms with Gasteiger partial charge >= 0.3 is 7.26 Å². The monoisotopic (exact) mass is 802 g/mol. The number of rotatable bonds is 3. The number of hydrogen-bond acceptors (Lipinski definition) is 1. The van der Waals surface area contributed by atoms with Crippen LogP contribution in [0.3, 0.4) is 0 Å². The molecule has 5 aromatic carbocycles. The van der Waals surface area contributed by atoms with E-state index in [1.165, 1.54) is 44.5 Å². The number of hydrogen-bond donors (Lipinski definition) is 0. The van der Waals surface area contributed by atoms with Crippen molar-refractivity contribution in [2.24, 2.45) is 0 Å². The molecule has 308 valence electrons. The van der Waals surface area contributed by atoms with E-state index in [-0.39, 0.29) is 27.7 Å². The quantitative estimate of drug-likeness (QED) is 0.162. The maximum atomic E-state index is 19.5. The van der Waals surface area contributed by atoms with Gasteiger partial charge in [0.15, 0.2) is 0 Å². The molecule has 2 aliphatic carbocycles. The molecule has 0 N–H and O–H groups in total. The Bertz CT molecular complexity index is 2770. The predicted octanol–water partition coefficient (Wildman–Crippen LogP) is 14.8. The molecule has 3 heterocycles. The Hall–Kier alpha value is -5.35. The second-order valence-electron chi connectivity index (χ2n) is 21.6. The van der Waals surface area contributed by atoms with E-state index in [0.29, 0.717) is 0 Å².